The van der Waals surface area contributed by atoms with Crippen molar-refractivity contribution in [1.29, 1.82) is 0 Å². The molecule has 0 aliphatic carbocycles. The molecule has 0 amide bonds. The number of hydrogen-bond acceptors (Lipinski definition) is 4. The molecule has 0 bridgehead atoms. The third kappa shape index (κ3) is 11.1. The average molecular weight is 410 g/mol. The van der Waals surface area contributed by atoms with Gasteiger partial charge in [-0.15, -0.1) is 5.92 Å². The first-order chi connectivity index (χ1) is 13.3. The maximum Gasteiger partial charge on any atom is 0.303 e. The van der Waals surface area contributed by atoms with Crippen molar-refractivity contribution < 1.29 is 23.4 Å². The zero-order valence-corrected chi connectivity index (χ0v) is 17.3. The number of rotatable bonds is 13. The lowest BCUT2D eigenvalue weighted by atomic mass is 10.0. The number of carboxylic acids is 1. The van der Waals surface area contributed by atoms with Gasteiger partial charge in [-0.1, -0.05) is 56.4 Å². The van der Waals surface area contributed by atoms with E-state index in [0.717, 1.165) is 36.8 Å². The average Bonchev–Trinajstić information content (AvgIpc) is 2.66. The second kappa shape index (κ2) is 13.3. The van der Waals surface area contributed by atoms with Crippen LogP contribution in [0.15, 0.2) is 24.3 Å². The van der Waals surface area contributed by atoms with E-state index in [9.17, 15) is 18.3 Å². The van der Waals surface area contributed by atoms with Gasteiger partial charge in [0.2, 0.25) is 10.0 Å². The van der Waals surface area contributed by atoms with Gasteiger partial charge in [-0.3, -0.25) is 4.79 Å². The highest BCUT2D eigenvalue weighted by Crippen LogP contribution is 2.20. The topological polar surface area (TPSA) is 104 Å². The number of aliphatic carboxylic acids is 1. The van der Waals surface area contributed by atoms with Gasteiger partial charge in [0.15, 0.2) is 0 Å². The molecule has 1 aromatic carbocycles. The molecule has 7 heteroatoms. The van der Waals surface area contributed by atoms with E-state index in [4.69, 9.17) is 5.11 Å². The van der Waals surface area contributed by atoms with Gasteiger partial charge >= 0.3 is 5.97 Å². The second-order valence-electron chi connectivity index (χ2n) is 6.74. The summed E-state index contributed by atoms with van der Waals surface area (Å²) in [5, 5.41) is 18.7. The van der Waals surface area contributed by atoms with Crippen LogP contribution >= 0.6 is 0 Å². The van der Waals surface area contributed by atoms with Crippen molar-refractivity contribution in [3.63, 3.8) is 0 Å². The standard InChI is InChI=1S/C21H31NO5S/c1-2-3-6-9-20(23)19-13-11-18(12-14-19)15-17-28(26,27)22-16-8-5-4-7-10-21(24)25/h11-14,20,22-23H,2-4,6-7,9-10,15-17H2,1H3,(H,24,25). The summed E-state index contributed by atoms with van der Waals surface area (Å²) in [7, 11) is -3.42. The van der Waals surface area contributed by atoms with Crippen LogP contribution in [-0.2, 0) is 21.2 Å². The Bertz CT molecular complexity index is 747. The Hall–Kier alpha value is -1.88. The number of sulfonamides is 1. The van der Waals surface area contributed by atoms with E-state index in [1.807, 2.05) is 24.3 Å². The van der Waals surface area contributed by atoms with Crippen LogP contribution in [0.1, 0.15) is 69.1 Å². The molecule has 1 aromatic rings. The van der Waals surface area contributed by atoms with Crippen molar-refractivity contribution in [3.05, 3.63) is 35.4 Å². The minimum absolute atomic E-state index is 0.0261. The van der Waals surface area contributed by atoms with Gasteiger partial charge in [-0.25, -0.2) is 13.1 Å². The van der Waals surface area contributed by atoms with Crippen LogP contribution in [0.3, 0.4) is 0 Å². The fraction of sp³-hybridized carbons (Fsp3) is 0.571. The molecule has 1 unspecified atom stereocenters. The normalized spacial score (nSPS) is 12.2. The van der Waals surface area contributed by atoms with E-state index in [1.54, 1.807) is 0 Å². The Balaban J connectivity index is 2.35. The second-order valence-corrected chi connectivity index (χ2v) is 8.67. The number of nitrogens with one attached hydrogen (secondary N) is 1. The first-order valence-corrected chi connectivity index (χ1v) is 11.4. The highest BCUT2D eigenvalue weighted by atomic mass is 32.2. The van der Waals surface area contributed by atoms with Crippen molar-refractivity contribution in [3.8, 4) is 11.8 Å². The van der Waals surface area contributed by atoms with Gasteiger partial charge in [0.25, 0.3) is 0 Å². The number of aryl methyl sites for hydroxylation is 1. The van der Waals surface area contributed by atoms with Crippen LogP contribution in [-0.4, -0.2) is 36.9 Å². The molecule has 0 saturated carbocycles. The van der Waals surface area contributed by atoms with Crippen molar-refractivity contribution >= 4 is 16.0 Å². The molecule has 0 radical (unpaired) electrons. The van der Waals surface area contributed by atoms with Crippen molar-refractivity contribution in [1.82, 2.24) is 4.72 Å². The summed E-state index contributed by atoms with van der Waals surface area (Å²) in [5.41, 5.74) is 1.76. The zero-order valence-electron chi connectivity index (χ0n) is 16.5. The lowest BCUT2D eigenvalue weighted by Crippen LogP contribution is -2.27. The fourth-order valence-corrected chi connectivity index (χ4v) is 3.55. The van der Waals surface area contributed by atoms with Crippen molar-refractivity contribution in [2.24, 2.45) is 0 Å². The van der Waals surface area contributed by atoms with Gasteiger partial charge in [0, 0.05) is 12.8 Å². The molecule has 156 valence electrons. The Morgan fingerprint density at radius 2 is 1.86 bits per heavy atom. The van der Waals surface area contributed by atoms with Crippen molar-refractivity contribution in [2.75, 3.05) is 12.3 Å². The molecule has 0 aliphatic rings. The highest BCUT2D eigenvalue weighted by Gasteiger charge is 2.10. The van der Waals surface area contributed by atoms with E-state index >= 15 is 0 Å². The molecule has 0 aromatic heterocycles. The molecular weight excluding hydrogens is 378 g/mol. The van der Waals surface area contributed by atoms with E-state index < -0.39 is 22.1 Å². The van der Waals surface area contributed by atoms with Gasteiger partial charge in [0.05, 0.1) is 18.4 Å². The zero-order chi connectivity index (χ0) is 20.8. The number of benzene rings is 1. The summed E-state index contributed by atoms with van der Waals surface area (Å²) in [4.78, 5) is 10.4. The molecule has 0 aliphatic heterocycles. The van der Waals surface area contributed by atoms with E-state index in [2.05, 4.69) is 23.5 Å². The quantitative estimate of drug-likeness (QED) is 0.343. The summed E-state index contributed by atoms with van der Waals surface area (Å²) >= 11 is 0. The summed E-state index contributed by atoms with van der Waals surface area (Å²) in [6.07, 6.45) is 4.82. The van der Waals surface area contributed by atoms with E-state index in [1.165, 1.54) is 0 Å². The summed E-state index contributed by atoms with van der Waals surface area (Å²) in [6, 6.07) is 7.43. The fourth-order valence-electron chi connectivity index (χ4n) is 2.61. The molecule has 6 nitrogen and oxygen atoms in total. The molecule has 1 rings (SSSR count). The Morgan fingerprint density at radius 3 is 2.50 bits per heavy atom. The third-order valence-electron chi connectivity index (χ3n) is 4.30. The van der Waals surface area contributed by atoms with Crippen LogP contribution in [0.2, 0.25) is 0 Å². The number of carbonyl (C=O) groups is 1. The molecular formula is C21H31NO5S. The Kier molecular flexibility index (Phi) is 11.5. The highest BCUT2D eigenvalue weighted by molar-refractivity contribution is 7.89. The lowest BCUT2D eigenvalue weighted by molar-refractivity contribution is -0.137. The van der Waals surface area contributed by atoms with Gasteiger partial charge < -0.3 is 10.2 Å². The van der Waals surface area contributed by atoms with Gasteiger partial charge in [0.1, 0.15) is 0 Å². The molecule has 3 N–H and O–H groups in total. The van der Waals surface area contributed by atoms with Crippen LogP contribution in [0.5, 0.6) is 0 Å². The predicted molar refractivity (Wildman–Crippen MR) is 110 cm³/mol. The molecule has 0 heterocycles. The first-order valence-electron chi connectivity index (χ1n) is 9.76. The number of carboxylic acid groups (broad SMARTS) is 1. The van der Waals surface area contributed by atoms with E-state index in [0.29, 0.717) is 19.3 Å². The molecule has 0 saturated heterocycles. The molecule has 0 spiro atoms. The largest absolute Gasteiger partial charge is 0.481 e. The number of unbranched alkanes of at least 4 members (excludes halogenated alkanes) is 3. The summed E-state index contributed by atoms with van der Waals surface area (Å²) < 4.78 is 26.4. The van der Waals surface area contributed by atoms with Gasteiger partial charge in [-0.2, -0.15) is 0 Å². The predicted octanol–water partition coefficient (Wildman–Crippen LogP) is 3.02. The maximum absolute atomic E-state index is 12.0. The molecule has 0 fully saturated rings. The molecule has 28 heavy (non-hydrogen) atoms. The van der Waals surface area contributed by atoms with Crippen LogP contribution < -0.4 is 4.72 Å². The minimum atomic E-state index is -3.42. The smallest absolute Gasteiger partial charge is 0.303 e. The third-order valence-corrected chi connectivity index (χ3v) is 5.63. The van der Waals surface area contributed by atoms with E-state index in [-0.39, 0.29) is 18.7 Å². The maximum atomic E-state index is 12.0. The monoisotopic (exact) mass is 409 g/mol. The number of hydrogen-bond donors (Lipinski definition) is 3. The summed E-state index contributed by atoms with van der Waals surface area (Å²) in [6.45, 7) is 2.15. The van der Waals surface area contributed by atoms with Gasteiger partial charge in [-0.05, 0) is 30.4 Å². The number of aliphatic hydroxyl groups excluding tert-OH is 1. The van der Waals surface area contributed by atoms with Crippen LogP contribution in [0.25, 0.3) is 0 Å². The lowest BCUT2D eigenvalue weighted by Gasteiger charge is -2.11. The summed E-state index contributed by atoms with van der Waals surface area (Å²) in [5.74, 6) is 4.56. The Labute approximate surface area is 168 Å². The van der Waals surface area contributed by atoms with Crippen LogP contribution in [0, 0.1) is 11.8 Å². The SMILES string of the molecule is CCCCCC(O)c1ccc(CCS(=O)(=O)NCC#CCCCC(=O)O)cc1. The first kappa shape index (κ1) is 24.2. The van der Waals surface area contributed by atoms with Crippen LogP contribution in [0.4, 0.5) is 0 Å². The Morgan fingerprint density at radius 1 is 1.14 bits per heavy atom. The van der Waals surface area contributed by atoms with Crippen molar-refractivity contribution in [2.45, 2.75) is 64.4 Å². The minimum Gasteiger partial charge on any atom is -0.481 e. The number of aliphatic hydroxyl groups is 1. The molecule has 1 atom stereocenters.